The highest BCUT2D eigenvalue weighted by Crippen LogP contribution is 2.38. The first kappa shape index (κ1) is 16.4. The van der Waals surface area contributed by atoms with Gasteiger partial charge in [-0.3, -0.25) is 0 Å². The third-order valence-corrected chi connectivity index (χ3v) is 5.26. The Hall–Kier alpha value is -0.630. The van der Waals surface area contributed by atoms with E-state index in [4.69, 9.17) is 0 Å². The van der Waals surface area contributed by atoms with E-state index >= 15 is 0 Å². The monoisotopic (exact) mass is 279 g/mol. The number of unbranched alkanes of at least 4 members (excludes halogenated alkanes) is 4. The molecule has 1 unspecified atom stereocenters. The highest BCUT2D eigenvalue weighted by Gasteiger charge is 2.27. The number of hydrogen-bond acceptors (Lipinski definition) is 2. The van der Waals surface area contributed by atoms with Crippen molar-refractivity contribution in [2.45, 2.75) is 77.6 Å². The van der Waals surface area contributed by atoms with Crippen molar-refractivity contribution < 1.29 is 0 Å². The molecule has 1 heterocycles. The van der Waals surface area contributed by atoms with Crippen molar-refractivity contribution in [3.63, 3.8) is 0 Å². The van der Waals surface area contributed by atoms with Crippen LogP contribution in [-0.2, 0) is 5.41 Å². The Labute approximate surface area is 123 Å². The lowest BCUT2D eigenvalue weighted by Gasteiger charge is -2.28. The quantitative estimate of drug-likeness (QED) is 0.464. The second kappa shape index (κ2) is 8.52. The van der Waals surface area contributed by atoms with Crippen LogP contribution < -0.4 is 0 Å². The van der Waals surface area contributed by atoms with Crippen LogP contribution in [0.15, 0.2) is 12.8 Å². The van der Waals surface area contributed by atoms with Crippen LogP contribution in [0.4, 0.5) is 0 Å². The zero-order valence-corrected chi connectivity index (χ0v) is 13.7. The molecule has 0 saturated heterocycles. The van der Waals surface area contributed by atoms with Crippen LogP contribution in [0.1, 0.15) is 82.0 Å². The van der Waals surface area contributed by atoms with Crippen LogP contribution >= 0.6 is 11.3 Å². The molecule has 0 spiro atoms. The summed E-state index contributed by atoms with van der Waals surface area (Å²) in [6.07, 6.45) is 14.5. The molecule has 1 rings (SSSR count). The van der Waals surface area contributed by atoms with Gasteiger partial charge in [-0.2, -0.15) is 0 Å². The number of thiazole rings is 1. The summed E-state index contributed by atoms with van der Waals surface area (Å²) in [7, 11) is 0. The minimum absolute atomic E-state index is 0.322. The number of rotatable bonds is 10. The van der Waals surface area contributed by atoms with E-state index in [1.165, 1.54) is 56.2 Å². The van der Waals surface area contributed by atoms with Gasteiger partial charge in [0.1, 0.15) is 5.01 Å². The first-order valence-corrected chi connectivity index (χ1v) is 8.56. The molecule has 0 saturated carbocycles. The number of hydrogen-bond donors (Lipinski definition) is 0. The minimum atomic E-state index is 0.322. The highest BCUT2D eigenvalue weighted by atomic mass is 32.1. The molecule has 0 bridgehead atoms. The molecule has 1 aromatic rings. The van der Waals surface area contributed by atoms with Crippen molar-refractivity contribution in [3.8, 4) is 0 Å². The Kier molecular flexibility index (Phi) is 7.37. The second-order valence-corrected chi connectivity index (χ2v) is 6.80. The highest BCUT2D eigenvalue weighted by molar-refractivity contribution is 7.12. The predicted octanol–water partition coefficient (Wildman–Crippen LogP) is 6.20. The summed E-state index contributed by atoms with van der Waals surface area (Å²) < 4.78 is 0. The molecule has 0 aromatic carbocycles. The molecule has 0 amide bonds. The summed E-state index contributed by atoms with van der Waals surface area (Å²) in [4.78, 5) is 5.90. The van der Waals surface area contributed by atoms with Crippen LogP contribution in [0.3, 0.4) is 0 Å². The van der Waals surface area contributed by atoms with Gasteiger partial charge in [0.05, 0.1) is 0 Å². The summed E-state index contributed by atoms with van der Waals surface area (Å²) in [6, 6.07) is 0. The summed E-state index contributed by atoms with van der Waals surface area (Å²) in [6.45, 7) is 10.8. The predicted molar refractivity (Wildman–Crippen MR) is 87.8 cm³/mol. The van der Waals surface area contributed by atoms with Gasteiger partial charge < -0.3 is 0 Å². The van der Waals surface area contributed by atoms with Crippen LogP contribution in [0.25, 0.3) is 6.08 Å². The van der Waals surface area contributed by atoms with E-state index in [9.17, 15) is 0 Å². The van der Waals surface area contributed by atoms with Crippen molar-refractivity contribution in [3.05, 3.63) is 22.7 Å². The molecule has 0 aliphatic heterocycles. The van der Waals surface area contributed by atoms with Gasteiger partial charge in [0.2, 0.25) is 0 Å². The lowest BCUT2D eigenvalue weighted by atomic mass is 9.79. The Balaban J connectivity index is 2.70. The third-order valence-electron chi connectivity index (χ3n) is 3.96. The maximum absolute atomic E-state index is 4.45. The average molecular weight is 279 g/mol. The third kappa shape index (κ3) is 5.10. The van der Waals surface area contributed by atoms with Gasteiger partial charge >= 0.3 is 0 Å². The van der Waals surface area contributed by atoms with Crippen molar-refractivity contribution in [2.24, 2.45) is 0 Å². The lowest BCUT2D eigenvalue weighted by Crippen LogP contribution is -2.20. The molecule has 0 radical (unpaired) electrons. The fraction of sp³-hybridized carbons (Fsp3) is 0.706. The Morgan fingerprint density at radius 3 is 2.42 bits per heavy atom. The maximum Gasteiger partial charge on any atom is 0.115 e. The minimum Gasteiger partial charge on any atom is -0.245 e. The molecule has 19 heavy (non-hydrogen) atoms. The summed E-state index contributed by atoms with van der Waals surface area (Å²) in [5, 5.41) is 1.06. The first-order valence-electron chi connectivity index (χ1n) is 7.75. The van der Waals surface area contributed by atoms with Gasteiger partial charge in [-0.05, 0) is 18.9 Å². The van der Waals surface area contributed by atoms with E-state index in [0.29, 0.717) is 5.41 Å². The summed E-state index contributed by atoms with van der Waals surface area (Å²) >= 11 is 1.82. The standard InChI is InChI=1S/C17H29NS/c1-5-8-10-11-13-17(4,12-9-6-2)15-14-18-16(7-3)19-15/h7,14H,3,5-6,8-13H2,1-2,4H3. The van der Waals surface area contributed by atoms with E-state index in [1.807, 2.05) is 17.4 Å². The SMILES string of the molecule is C=Cc1ncc(C(C)(CCCC)CCCCCC)s1. The number of nitrogens with zero attached hydrogens (tertiary/aromatic N) is 1. The fourth-order valence-corrected chi connectivity index (χ4v) is 3.51. The van der Waals surface area contributed by atoms with Crippen LogP contribution in [-0.4, -0.2) is 4.98 Å². The zero-order chi connectivity index (χ0) is 14.1. The van der Waals surface area contributed by atoms with Crippen LogP contribution in [0.5, 0.6) is 0 Å². The molecule has 2 heteroatoms. The van der Waals surface area contributed by atoms with Crippen molar-refractivity contribution >= 4 is 17.4 Å². The van der Waals surface area contributed by atoms with Crippen molar-refractivity contribution in [1.82, 2.24) is 4.98 Å². The van der Waals surface area contributed by atoms with Gasteiger partial charge in [0, 0.05) is 16.5 Å². The topological polar surface area (TPSA) is 12.9 Å². The summed E-state index contributed by atoms with van der Waals surface area (Å²) in [5.41, 5.74) is 0.322. The molecule has 0 aliphatic carbocycles. The van der Waals surface area contributed by atoms with Crippen LogP contribution in [0, 0.1) is 0 Å². The molecule has 1 nitrogen and oxygen atoms in total. The lowest BCUT2D eigenvalue weighted by molar-refractivity contribution is 0.375. The van der Waals surface area contributed by atoms with E-state index < -0.39 is 0 Å². The van der Waals surface area contributed by atoms with E-state index in [-0.39, 0.29) is 0 Å². The van der Waals surface area contributed by atoms with Gasteiger partial charge in [-0.15, -0.1) is 11.3 Å². The normalized spacial score (nSPS) is 14.3. The maximum atomic E-state index is 4.45. The summed E-state index contributed by atoms with van der Waals surface area (Å²) in [5.74, 6) is 0. The smallest absolute Gasteiger partial charge is 0.115 e. The van der Waals surface area contributed by atoms with Gasteiger partial charge in [-0.1, -0.05) is 65.9 Å². The fourth-order valence-electron chi connectivity index (χ4n) is 2.54. The Morgan fingerprint density at radius 1 is 1.16 bits per heavy atom. The second-order valence-electron chi connectivity index (χ2n) is 5.74. The Morgan fingerprint density at radius 2 is 1.84 bits per heavy atom. The van der Waals surface area contributed by atoms with Gasteiger partial charge in [0.25, 0.3) is 0 Å². The number of aromatic nitrogens is 1. The molecule has 1 aromatic heterocycles. The first-order chi connectivity index (χ1) is 9.16. The van der Waals surface area contributed by atoms with Crippen molar-refractivity contribution in [2.75, 3.05) is 0 Å². The average Bonchev–Trinajstić information content (AvgIpc) is 2.91. The molecular weight excluding hydrogens is 250 g/mol. The zero-order valence-electron chi connectivity index (χ0n) is 12.9. The molecule has 108 valence electrons. The van der Waals surface area contributed by atoms with E-state index in [2.05, 4.69) is 38.5 Å². The van der Waals surface area contributed by atoms with Crippen molar-refractivity contribution in [1.29, 1.82) is 0 Å². The van der Waals surface area contributed by atoms with E-state index in [1.54, 1.807) is 0 Å². The Bertz CT molecular complexity index is 369. The van der Waals surface area contributed by atoms with Gasteiger partial charge in [0.15, 0.2) is 0 Å². The molecule has 1 atom stereocenters. The van der Waals surface area contributed by atoms with E-state index in [0.717, 1.165) is 5.01 Å². The van der Waals surface area contributed by atoms with Crippen LogP contribution in [0.2, 0.25) is 0 Å². The molecule has 0 N–H and O–H groups in total. The van der Waals surface area contributed by atoms with Gasteiger partial charge in [-0.25, -0.2) is 4.98 Å². The molecule has 0 fully saturated rings. The molecule has 0 aliphatic rings. The molecular formula is C17H29NS. The largest absolute Gasteiger partial charge is 0.245 e.